The molecule has 2 aromatic carbocycles. The lowest BCUT2D eigenvalue weighted by Gasteiger charge is -2.17. The second-order valence-corrected chi connectivity index (χ2v) is 4.75. The van der Waals surface area contributed by atoms with Crippen molar-refractivity contribution in [3.8, 4) is 17.2 Å². The van der Waals surface area contributed by atoms with Gasteiger partial charge in [-0.25, -0.2) is 4.39 Å². The summed E-state index contributed by atoms with van der Waals surface area (Å²) in [5.74, 6) is 1.15. The van der Waals surface area contributed by atoms with Crippen LogP contribution in [0.2, 0.25) is 5.02 Å². The first-order valence-electron chi connectivity index (χ1n) is 6.08. The van der Waals surface area contributed by atoms with Crippen molar-refractivity contribution in [1.82, 2.24) is 0 Å². The van der Waals surface area contributed by atoms with E-state index >= 15 is 0 Å². The van der Waals surface area contributed by atoms with E-state index in [1.165, 1.54) is 18.2 Å². The van der Waals surface area contributed by atoms with E-state index in [1.807, 2.05) is 13.0 Å². The molecule has 2 rings (SSSR count). The van der Waals surface area contributed by atoms with E-state index < -0.39 is 5.82 Å². The van der Waals surface area contributed by atoms with Gasteiger partial charge in [0.1, 0.15) is 23.1 Å². The molecule has 0 spiro atoms. The number of hydrogen-bond acceptors (Lipinski definition) is 3. The minimum Gasteiger partial charge on any atom is -0.496 e. The van der Waals surface area contributed by atoms with Crippen molar-refractivity contribution in [2.75, 3.05) is 7.11 Å². The maximum atomic E-state index is 13.1. The fourth-order valence-corrected chi connectivity index (χ4v) is 2.08. The van der Waals surface area contributed by atoms with Crippen molar-refractivity contribution in [2.24, 2.45) is 5.73 Å². The number of benzene rings is 2. The van der Waals surface area contributed by atoms with Crippen molar-refractivity contribution in [1.29, 1.82) is 0 Å². The Labute approximate surface area is 122 Å². The molecule has 5 heteroatoms. The molecule has 2 N–H and O–H groups in total. The van der Waals surface area contributed by atoms with Gasteiger partial charge < -0.3 is 15.2 Å². The minimum absolute atomic E-state index is 0.00717. The van der Waals surface area contributed by atoms with E-state index in [4.69, 9.17) is 26.8 Å². The molecule has 20 heavy (non-hydrogen) atoms. The summed E-state index contributed by atoms with van der Waals surface area (Å²) in [7, 11) is 1.57. The Kier molecular flexibility index (Phi) is 4.47. The molecule has 0 aliphatic heterocycles. The van der Waals surface area contributed by atoms with Crippen LogP contribution in [-0.4, -0.2) is 7.11 Å². The van der Waals surface area contributed by atoms with E-state index in [0.29, 0.717) is 17.2 Å². The molecule has 0 aromatic heterocycles. The highest BCUT2D eigenvalue weighted by Gasteiger charge is 2.15. The second-order valence-electron chi connectivity index (χ2n) is 4.34. The fourth-order valence-electron chi connectivity index (χ4n) is 1.91. The predicted octanol–water partition coefficient (Wildman–Crippen LogP) is 4.30. The molecule has 0 heterocycles. The monoisotopic (exact) mass is 295 g/mol. The van der Waals surface area contributed by atoms with Gasteiger partial charge in [-0.2, -0.15) is 0 Å². The molecule has 0 saturated heterocycles. The lowest BCUT2D eigenvalue weighted by Crippen LogP contribution is -2.08. The average Bonchev–Trinajstić information content (AvgIpc) is 2.42. The summed E-state index contributed by atoms with van der Waals surface area (Å²) >= 11 is 5.74. The normalized spacial score (nSPS) is 12.1. The zero-order valence-corrected chi connectivity index (χ0v) is 11.9. The van der Waals surface area contributed by atoms with E-state index in [2.05, 4.69) is 0 Å². The van der Waals surface area contributed by atoms with Crippen molar-refractivity contribution in [3.05, 3.63) is 52.8 Å². The first kappa shape index (κ1) is 14.6. The smallest absolute Gasteiger partial charge is 0.142 e. The number of halogens is 2. The number of hydrogen-bond donors (Lipinski definition) is 1. The van der Waals surface area contributed by atoms with Crippen LogP contribution in [0, 0.1) is 5.82 Å². The quantitative estimate of drug-likeness (QED) is 0.914. The standard InChI is InChI=1S/C15H15ClFNO2/c1-9(18)15-13(19-2)4-3-5-14(15)20-10-6-7-12(17)11(16)8-10/h3-9H,18H2,1-2H3/t9-/m1/s1. The average molecular weight is 296 g/mol. The molecule has 0 unspecified atom stereocenters. The summed E-state index contributed by atoms with van der Waals surface area (Å²) in [6, 6.07) is 9.29. The van der Waals surface area contributed by atoms with Crippen LogP contribution in [-0.2, 0) is 0 Å². The summed E-state index contributed by atoms with van der Waals surface area (Å²) < 4.78 is 24.2. The third kappa shape index (κ3) is 3.03. The third-order valence-electron chi connectivity index (χ3n) is 2.82. The van der Waals surface area contributed by atoms with Crippen LogP contribution in [0.3, 0.4) is 0 Å². The highest BCUT2D eigenvalue weighted by atomic mass is 35.5. The van der Waals surface area contributed by atoms with E-state index in [9.17, 15) is 4.39 Å². The Morgan fingerprint density at radius 2 is 1.90 bits per heavy atom. The fraction of sp³-hybridized carbons (Fsp3) is 0.200. The van der Waals surface area contributed by atoms with E-state index in [-0.39, 0.29) is 11.1 Å². The number of nitrogens with two attached hydrogens (primary N) is 1. The molecule has 3 nitrogen and oxygen atoms in total. The van der Waals surface area contributed by atoms with Gasteiger partial charge in [0.15, 0.2) is 0 Å². The molecular formula is C15H15ClFNO2. The van der Waals surface area contributed by atoms with Gasteiger partial charge >= 0.3 is 0 Å². The Morgan fingerprint density at radius 3 is 2.50 bits per heavy atom. The zero-order chi connectivity index (χ0) is 14.7. The molecule has 0 fully saturated rings. The van der Waals surface area contributed by atoms with Gasteiger partial charge in [-0.3, -0.25) is 0 Å². The van der Waals surface area contributed by atoms with Crippen molar-refractivity contribution in [3.63, 3.8) is 0 Å². The van der Waals surface area contributed by atoms with E-state index in [1.54, 1.807) is 19.2 Å². The highest BCUT2D eigenvalue weighted by Crippen LogP contribution is 2.36. The van der Waals surface area contributed by atoms with Gasteiger partial charge in [-0.15, -0.1) is 0 Å². The van der Waals surface area contributed by atoms with Crippen LogP contribution in [0.1, 0.15) is 18.5 Å². The molecule has 0 aliphatic rings. The van der Waals surface area contributed by atoms with Crippen molar-refractivity contribution < 1.29 is 13.9 Å². The lowest BCUT2D eigenvalue weighted by molar-refractivity contribution is 0.397. The topological polar surface area (TPSA) is 44.5 Å². The van der Waals surface area contributed by atoms with Gasteiger partial charge in [0.05, 0.1) is 17.7 Å². The molecule has 0 saturated carbocycles. The molecule has 0 bridgehead atoms. The maximum Gasteiger partial charge on any atom is 0.142 e. The van der Waals surface area contributed by atoms with Gasteiger partial charge in [0, 0.05) is 12.1 Å². The van der Waals surface area contributed by atoms with Crippen LogP contribution in [0.25, 0.3) is 0 Å². The van der Waals surface area contributed by atoms with Crippen LogP contribution < -0.4 is 15.2 Å². The predicted molar refractivity (Wildman–Crippen MR) is 77.1 cm³/mol. The summed E-state index contributed by atoms with van der Waals surface area (Å²) in [4.78, 5) is 0. The van der Waals surface area contributed by atoms with Gasteiger partial charge in [0.25, 0.3) is 0 Å². The highest BCUT2D eigenvalue weighted by molar-refractivity contribution is 6.30. The van der Waals surface area contributed by atoms with Crippen LogP contribution in [0.15, 0.2) is 36.4 Å². The Hall–Kier alpha value is -1.78. The third-order valence-corrected chi connectivity index (χ3v) is 3.11. The maximum absolute atomic E-state index is 13.1. The van der Waals surface area contributed by atoms with Gasteiger partial charge in [0.2, 0.25) is 0 Å². The number of methoxy groups -OCH3 is 1. The van der Waals surface area contributed by atoms with Crippen molar-refractivity contribution >= 4 is 11.6 Å². The van der Waals surface area contributed by atoms with Crippen LogP contribution in [0.5, 0.6) is 17.2 Å². The molecule has 106 valence electrons. The van der Waals surface area contributed by atoms with Crippen molar-refractivity contribution in [2.45, 2.75) is 13.0 Å². The zero-order valence-electron chi connectivity index (χ0n) is 11.2. The molecule has 0 aliphatic carbocycles. The van der Waals surface area contributed by atoms with Crippen LogP contribution in [0.4, 0.5) is 4.39 Å². The second kappa shape index (κ2) is 6.11. The first-order chi connectivity index (χ1) is 9.52. The minimum atomic E-state index is -0.489. The van der Waals surface area contributed by atoms with Crippen LogP contribution >= 0.6 is 11.6 Å². The summed E-state index contributed by atoms with van der Waals surface area (Å²) in [5.41, 5.74) is 6.70. The molecular weight excluding hydrogens is 281 g/mol. The number of ether oxygens (including phenoxy) is 2. The molecule has 2 aromatic rings. The molecule has 1 atom stereocenters. The van der Waals surface area contributed by atoms with Gasteiger partial charge in [-0.05, 0) is 31.2 Å². The largest absolute Gasteiger partial charge is 0.496 e. The summed E-state index contributed by atoms with van der Waals surface area (Å²) in [6.07, 6.45) is 0. The molecule has 0 radical (unpaired) electrons. The van der Waals surface area contributed by atoms with Gasteiger partial charge in [-0.1, -0.05) is 17.7 Å². The number of rotatable bonds is 4. The lowest BCUT2D eigenvalue weighted by atomic mass is 10.1. The Bertz CT molecular complexity index is 617. The Morgan fingerprint density at radius 1 is 1.20 bits per heavy atom. The molecule has 0 amide bonds. The Balaban J connectivity index is 2.40. The SMILES string of the molecule is COc1cccc(Oc2ccc(F)c(Cl)c2)c1[C@@H](C)N. The summed E-state index contributed by atoms with van der Waals surface area (Å²) in [5, 5.41) is 0.00717. The summed E-state index contributed by atoms with van der Waals surface area (Å²) in [6.45, 7) is 1.84. The van der Waals surface area contributed by atoms with E-state index in [0.717, 1.165) is 5.56 Å². The first-order valence-corrected chi connectivity index (χ1v) is 6.46.